The van der Waals surface area contributed by atoms with Crippen molar-refractivity contribution in [1.82, 2.24) is 0 Å². The zero-order valence-electron chi connectivity index (χ0n) is 35.0. The molecule has 0 aromatic carbocycles. The largest absolute Gasteiger partial charge is 0.461 e. The first-order valence-corrected chi connectivity index (χ1v) is 21.8. The summed E-state index contributed by atoms with van der Waals surface area (Å²) >= 11 is 0. The number of hydrogen-bond donors (Lipinski definition) is 4. The lowest BCUT2D eigenvalue weighted by atomic mass is 9.45. The molecule has 14 heteroatoms. The van der Waals surface area contributed by atoms with Crippen molar-refractivity contribution in [3.8, 4) is 0 Å². The number of hydrogen-bond acceptors (Lipinski definition) is 14. The van der Waals surface area contributed by atoms with Crippen LogP contribution >= 0.6 is 0 Å². The topological polar surface area (TPSA) is 236 Å². The van der Waals surface area contributed by atoms with Gasteiger partial charge in [0.2, 0.25) is 0 Å². The SMILES string of the molecule is C[C@]12CC(=O)[C@H]3[C@@H](CCC4=CC(=O)CC(OC(=O)CCC(=O)OC5CC(=O)C=C6CC[C@H]7[C@@H]8CC[C@](O)(C(=O)CO)[C@@]8(C)CC(=O)[C@@H]7[C@]65C)[C@@]43C)[C@@H]1CC[C@]2(O)C(=O)CO. The first-order valence-electron chi connectivity index (χ1n) is 21.8. The zero-order valence-corrected chi connectivity index (χ0v) is 35.0. The summed E-state index contributed by atoms with van der Waals surface area (Å²) in [5.74, 6) is -6.16. The highest BCUT2D eigenvalue weighted by atomic mass is 16.6. The van der Waals surface area contributed by atoms with E-state index in [0.717, 1.165) is 0 Å². The molecule has 326 valence electrons. The Balaban J connectivity index is 0.968. The second kappa shape index (κ2) is 14.4. The molecule has 8 rings (SSSR count). The standard InChI is InChI=1S/C46H58O14/c1-41-19-31(51)39-27(29(41)11-13-45(41,57)33(53)21-47)7-5-23-15-25(49)17-35(43(23,39)3)59-37(55)9-10-38(56)60-36-18-26(50)16-24-6-8-28-30-12-14-46(58,34(54)22-48)42(30,2)20-32(52)40(28)44(24,36)4/h15-16,27-30,35-36,39-40,47-48,57-58H,5-14,17-22H2,1-4H3/t27-,28-,29-,30-,35?,36?,39+,40+,41-,42-,43+,44+,45-,46-/m0/s1. The van der Waals surface area contributed by atoms with Gasteiger partial charge in [-0.3, -0.25) is 38.4 Å². The Kier molecular flexibility index (Phi) is 10.3. The minimum absolute atomic E-state index is 0.108. The minimum atomic E-state index is -1.84. The van der Waals surface area contributed by atoms with E-state index < -0.39 is 106 Å². The van der Waals surface area contributed by atoms with Crippen molar-refractivity contribution in [2.75, 3.05) is 13.2 Å². The van der Waals surface area contributed by atoms with Gasteiger partial charge in [-0.15, -0.1) is 0 Å². The zero-order chi connectivity index (χ0) is 43.5. The maximum absolute atomic E-state index is 14.3. The molecule has 6 saturated carbocycles. The van der Waals surface area contributed by atoms with Gasteiger partial charge < -0.3 is 29.9 Å². The average molecular weight is 835 g/mol. The van der Waals surface area contributed by atoms with Crippen molar-refractivity contribution < 1.29 is 68.3 Å². The molecule has 0 spiro atoms. The monoisotopic (exact) mass is 834 g/mol. The fourth-order valence-electron chi connectivity index (χ4n) is 15.0. The van der Waals surface area contributed by atoms with E-state index >= 15 is 0 Å². The Morgan fingerprint density at radius 1 is 0.617 bits per heavy atom. The van der Waals surface area contributed by atoms with Gasteiger partial charge >= 0.3 is 11.9 Å². The fraction of sp³-hybridized carbons (Fsp3) is 0.739. The normalized spacial score (nSPS) is 45.5. The van der Waals surface area contributed by atoms with E-state index in [1.807, 2.05) is 13.8 Å². The number of ketones is 6. The molecule has 6 fully saturated rings. The highest BCUT2D eigenvalue weighted by Gasteiger charge is 2.71. The molecule has 0 bridgehead atoms. The van der Waals surface area contributed by atoms with Crippen LogP contribution in [0.2, 0.25) is 0 Å². The fourth-order valence-corrected chi connectivity index (χ4v) is 15.0. The number of aliphatic hydroxyl groups is 4. The minimum Gasteiger partial charge on any atom is -0.461 e. The average Bonchev–Trinajstić information content (AvgIpc) is 3.62. The molecular formula is C46H58O14. The molecule has 0 amide bonds. The van der Waals surface area contributed by atoms with Crippen molar-refractivity contribution in [1.29, 1.82) is 0 Å². The third kappa shape index (κ3) is 5.78. The van der Waals surface area contributed by atoms with Gasteiger partial charge in [-0.05, 0) is 87.2 Å². The van der Waals surface area contributed by atoms with Gasteiger partial charge in [-0.25, -0.2) is 0 Å². The molecule has 8 aliphatic carbocycles. The molecule has 60 heavy (non-hydrogen) atoms. The van der Waals surface area contributed by atoms with Crippen LogP contribution in [0.1, 0.15) is 118 Å². The summed E-state index contributed by atoms with van der Waals surface area (Å²) in [6, 6.07) is 0. The van der Waals surface area contributed by atoms with Crippen molar-refractivity contribution >= 4 is 46.6 Å². The third-order valence-electron chi connectivity index (χ3n) is 18.1. The first-order chi connectivity index (χ1) is 28.1. The first kappa shape index (κ1) is 42.9. The molecule has 0 heterocycles. The Morgan fingerprint density at radius 3 is 1.33 bits per heavy atom. The molecule has 14 atom stereocenters. The second-order valence-corrected chi connectivity index (χ2v) is 20.4. The number of fused-ring (bicyclic) bond motifs is 10. The van der Waals surface area contributed by atoms with Crippen LogP contribution in [0.25, 0.3) is 0 Å². The van der Waals surface area contributed by atoms with Gasteiger partial charge in [-0.2, -0.15) is 0 Å². The van der Waals surface area contributed by atoms with Crippen LogP contribution in [0.4, 0.5) is 0 Å². The van der Waals surface area contributed by atoms with E-state index in [1.54, 1.807) is 26.0 Å². The number of ether oxygens (including phenoxy) is 2. The number of carbonyl (C=O) groups is 8. The summed E-state index contributed by atoms with van der Waals surface area (Å²) in [6.45, 7) is 5.50. The van der Waals surface area contributed by atoms with Crippen LogP contribution in [-0.4, -0.2) is 104 Å². The number of carbonyl (C=O) groups excluding carboxylic acids is 8. The van der Waals surface area contributed by atoms with E-state index in [1.165, 1.54) is 0 Å². The Morgan fingerprint density at radius 2 is 0.983 bits per heavy atom. The number of rotatable bonds is 9. The lowest BCUT2D eigenvalue weighted by Crippen LogP contribution is -2.63. The highest BCUT2D eigenvalue weighted by molar-refractivity contribution is 5.97. The predicted molar refractivity (Wildman–Crippen MR) is 208 cm³/mol. The maximum atomic E-state index is 14.3. The van der Waals surface area contributed by atoms with Crippen LogP contribution in [0, 0.1) is 57.2 Å². The summed E-state index contributed by atoms with van der Waals surface area (Å²) in [6.07, 6.45) is 2.87. The van der Waals surface area contributed by atoms with Crippen LogP contribution in [0.15, 0.2) is 23.3 Å². The smallest absolute Gasteiger partial charge is 0.306 e. The maximum Gasteiger partial charge on any atom is 0.306 e. The molecule has 0 aromatic rings. The van der Waals surface area contributed by atoms with Crippen molar-refractivity contribution in [2.45, 2.75) is 141 Å². The van der Waals surface area contributed by atoms with E-state index in [0.29, 0.717) is 49.7 Å². The van der Waals surface area contributed by atoms with Crippen LogP contribution in [0.3, 0.4) is 0 Å². The van der Waals surface area contributed by atoms with Gasteiger partial charge in [0.15, 0.2) is 23.1 Å². The summed E-state index contributed by atoms with van der Waals surface area (Å²) < 4.78 is 12.1. The molecule has 14 nitrogen and oxygen atoms in total. The Labute approximate surface area is 348 Å². The van der Waals surface area contributed by atoms with Crippen molar-refractivity contribution in [3.05, 3.63) is 23.3 Å². The lowest BCUT2D eigenvalue weighted by Gasteiger charge is -2.59. The summed E-state index contributed by atoms with van der Waals surface area (Å²) in [5.41, 5.74) is -6.53. The van der Waals surface area contributed by atoms with E-state index in [-0.39, 0.29) is 85.3 Å². The third-order valence-corrected chi connectivity index (χ3v) is 18.1. The van der Waals surface area contributed by atoms with Crippen molar-refractivity contribution in [2.24, 2.45) is 57.2 Å². The van der Waals surface area contributed by atoms with E-state index in [9.17, 15) is 58.8 Å². The molecule has 4 N–H and O–H groups in total. The molecule has 2 unspecified atom stereocenters. The van der Waals surface area contributed by atoms with Crippen LogP contribution < -0.4 is 0 Å². The number of esters is 2. The van der Waals surface area contributed by atoms with Gasteiger partial charge in [0.25, 0.3) is 0 Å². The lowest BCUT2D eigenvalue weighted by molar-refractivity contribution is -0.183. The molecule has 0 saturated heterocycles. The summed E-state index contributed by atoms with van der Waals surface area (Å²) in [7, 11) is 0. The molecular weight excluding hydrogens is 776 g/mol. The molecule has 8 aliphatic rings. The summed E-state index contributed by atoms with van der Waals surface area (Å²) in [5, 5.41) is 42.5. The summed E-state index contributed by atoms with van der Waals surface area (Å²) in [4.78, 5) is 108. The van der Waals surface area contributed by atoms with Gasteiger partial charge in [0.1, 0.15) is 48.2 Å². The van der Waals surface area contributed by atoms with Crippen molar-refractivity contribution in [3.63, 3.8) is 0 Å². The van der Waals surface area contributed by atoms with Gasteiger partial charge in [0, 0.05) is 59.2 Å². The number of aliphatic hydroxyl groups excluding tert-OH is 2. The number of Topliss-reactive ketones (excluding diaryl/α,β-unsaturated/α-hetero) is 4. The molecule has 0 aliphatic heterocycles. The Bertz CT molecular complexity index is 1890. The van der Waals surface area contributed by atoms with E-state index in [4.69, 9.17) is 9.47 Å². The highest BCUT2D eigenvalue weighted by Crippen LogP contribution is 2.68. The van der Waals surface area contributed by atoms with Crippen LogP contribution in [0.5, 0.6) is 0 Å². The second-order valence-electron chi connectivity index (χ2n) is 20.4. The Hall–Kier alpha value is -3.72. The van der Waals surface area contributed by atoms with Crippen LogP contribution in [-0.2, 0) is 47.8 Å². The van der Waals surface area contributed by atoms with Gasteiger partial charge in [-0.1, -0.05) is 38.8 Å². The quantitative estimate of drug-likeness (QED) is 0.245. The van der Waals surface area contributed by atoms with E-state index in [2.05, 4.69) is 0 Å². The predicted octanol–water partition coefficient (Wildman–Crippen LogP) is 2.82. The van der Waals surface area contributed by atoms with Gasteiger partial charge in [0.05, 0.1) is 12.8 Å². The molecule has 0 radical (unpaired) electrons. The molecule has 0 aromatic heterocycles.